The van der Waals surface area contributed by atoms with E-state index in [-0.39, 0.29) is 11.5 Å². The van der Waals surface area contributed by atoms with Gasteiger partial charge >= 0.3 is 0 Å². The lowest BCUT2D eigenvalue weighted by atomic mass is 10.3. The minimum atomic E-state index is -3.64. The van der Waals surface area contributed by atoms with Crippen LogP contribution in [0.2, 0.25) is 0 Å². The summed E-state index contributed by atoms with van der Waals surface area (Å²) in [7, 11) is -3.64. The van der Waals surface area contributed by atoms with Crippen LogP contribution in [0.15, 0.2) is 29.4 Å². The lowest BCUT2D eigenvalue weighted by molar-refractivity contribution is 0.265. The number of pyridine rings is 1. The molecule has 2 aromatic rings. The second-order valence-corrected chi connectivity index (χ2v) is 5.44. The summed E-state index contributed by atoms with van der Waals surface area (Å²) < 4.78 is 26.4. The van der Waals surface area contributed by atoms with E-state index >= 15 is 0 Å². The maximum atomic E-state index is 12.0. The highest BCUT2D eigenvalue weighted by molar-refractivity contribution is 7.89. The second kappa shape index (κ2) is 4.44. The highest BCUT2D eigenvalue weighted by Gasteiger charge is 2.20. The molecule has 0 aliphatic rings. The zero-order chi connectivity index (χ0) is 12.5. The summed E-state index contributed by atoms with van der Waals surface area (Å²) in [5, 5.41) is 9.39. The van der Waals surface area contributed by atoms with E-state index in [4.69, 9.17) is 5.11 Å². The van der Waals surface area contributed by atoms with E-state index in [1.807, 2.05) is 0 Å². The quantitative estimate of drug-likeness (QED) is 0.728. The van der Waals surface area contributed by atoms with Gasteiger partial charge in [0.05, 0.1) is 6.61 Å². The molecule has 6 nitrogen and oxygen atoms in total. The van der Waals surface area contributed by atoms with Gasteiger partial charge in [-0.3, -0.25) is 0 Å². The number of rotatable bonds is 4. The molecule has 0 spiro atoms. The molecule has 3 N–H and O–H groups in total. The molecule has 2 rings (SSSR count). The fraction of sp³-hybridized carbons (Fsp3) is 0.300. The number of fused-ring (bicyclic) bond motifs is 1. The highest BCUT2D eigenvalue weighted by atomic mass is 32.2. The molecular formula is C10H13N3O3S. The second-order valence-electron chi connectivity index (χ2n) is 3.76. The lowest BCUT2D eigenvalue weighted by Gasteiger charge is -2.10. The molecule has 92 valence electrons. The van der Waals surface area contributed by atoms with E-state index < -0.39 is 16.1 Å². The van der Waals surface area contributed by atoms with Gasteiger partial charge in [-0.05, 0) is 19.1 Å². The van der Waals surface area contributed by atoms with E-state index in [1.165, 1.54) is 6.20 Å². The number of aromatic amines is 1. The molecule has 0 saturated heterocycles. The molecule has 0 aliphatic carbocycles. The molecule has 0 aromatic carbocycles. The Hall–Kier alpha value is -1.44. The zero-order valence-electron chi connectivity index (χ0n) is 9.21. The van der Waals surface area contributed by atoms with E-state index in [1.54, 1.807) is 25.3 Å². The number of nitrogens with one attached hydrogen (secondary N) is 2. The van der Waals surface area contributed by atoms with Crippen LogP contribution in [0, 0.1) is 0 Å². The van der Waals surface area contributed by atoms with Crippen molar-refractivity contribution in [3.05, 3.63) is 24.5 Å². The van der Waals surface area contributed by atoms with Crippen molar-refractivity contribution in [3.8, 4) is 0 Å². The molecule has 2 heterocycles. The molecule has 0 fully saturated rings. The Bertz CT molecular complexity index is 621. The summed E-state index contributed by atoms with van der Waals surface area (Å²) in [5.74, 6) is 0. The molecule has 0 radical (unpaired) electrons. The van der Waals surface area contributed by atoms with Gasteiger partial charge in [0.25, 0.3) is 0 Å². The van der Waals surface area contributed by atoms with E-state index in [9.17, 15) is 8.42 Å². The Labute approximate surface area is 98.7 Å². The van der Waals surface area contributed by atoms with Gasteiger partial charge in [-0.25, -0.2) is 18.1 Å². The largest absolute Gasteiger partial charge is 0.395 e. The first kappa shape index (κ1) is 12.0. The SMILES string of the molecule is C[C@@H](CO)NS(=O)(=O)c1c[nH]c2ncccc12. The van der Waals surface area contributed by atoms with Gasteiger partial charge < -0.3 is 10.1 Å². The molecule has 0 aliphatic heterocycles. The molecule has 2 aromatic heterocycles. The van der Waals surface area contributed by atoms with Crippen LogP contribution >= 0.6 is 0 Å². The summed E-state index contributed by atoms with van der Waals surface area (Å²) in [6, 6.07) is 2.82. The number of nitrogens with zero attached hydrogens (tertiary/aromatic N) is 1. The molecule has 17 heavy (non-hydrogen) atoms. The summed E-state index contributed by atoms with van der Waals surface area (Å²) in [6.07, 6.45) is 2.98. The topological polar surface area (TPSA) is 95.1 Å². The third-order valence-corrected chi connectivity index (χ3v) is 3.96. The minimum Gasteiger partial charge on any atom is -0.395 e. The van der Waals surface area contributed by atoms with Crippen molar-refractivity contribution in [2.24, 2.45) is 0 Å². The van der Waals surface area contributed by atoms with Crippen molar-refractivity contribution >= 4 is 21.1 Å². The average molecular weight is 255 g/mol. The third kappa shape index (κ3) is 2.31. The number of sulfonamides is 1. The smallest absolute Gasteiger partial charge is 0.243 e. The van der Waals surface area contributed by atoms with E-state index in [0.717, 1.165) is 0 Å². The number of aliphatic hydroxyl groups excluding tert-OH is 1. The first-order valence-corrected chi connectivity index (χ1v) is 6.58. The van der Waals surface area contributed by atoms with Gasteiger partial charge in [0.2, 0.25) is 10.0 Å². The van der Waals surface area contributed by atoms with E-state index in [0.29, 0.717) is 11.0 Å². The van der Waals surface area contributed by atoms with Gasteiger partial charge in [0, 0.05) is 23.8 Å². The van der Waals surface area contributed by atoms with Gasteiger partial charge in [0.1, 0.15) is 10.5 Å². The molecule has 0 amide bonds. The maximum absolute atomic E-state index is 12.0. The van der Waals surface area contributed by atoms with Crippen LogP contribution in [0.3, 0.4) is 0 Å². The Morgan fingerprint density at radius 2 is 2.35 bits per heavy atom. The number of H-pyrrole nitrogens is 1. The number of hydrogen-bond donors (Lipinski definition) is 3. The number of hydrogen-bond acceptors (Lipinski definition) is 4. The van der Waals surface area contributed by atoms with Crippen LogP contribution in [0.25, 0.3) is 11.0 Å². The first-order chi connectivity index (χ1) is 8.04. The van der Waals surface area contributed by atoms with Crippen LogP contribution in [0.1, 0.15) is 6.92 Å². The van der Waals surface area contributed by atoms with Gasteiger partial charge in [-0.15, -0.1) is 0 Å². The number of aliphatic hydroxyl groups is 1. The normalized spacial score (nSPS) is 14.0. The van der Waals surface area contributed by atoms with Crippen molar-refractivity contribution in [2.75, 3.05) is 6.61 Å². The first-order valence-electron chi connectivity index (χ1n) is 5.10. The summed E-state index contributed by atoms with van der Waals surface area (Å²) in [6.45, 7) is 1.34. The maximum Gasteiger partial charge on any atom is 0.243 e. The minimum absolute atomic E-state index is 0.140. The Balaban J connectivity index is 2.46. The van der Waals surface area contributed by atoms with Crippen molar-refractivity contribution in [1.82, 2.24) is 14.7 Å². The highest BCUT2D eigenvalue weighted by Crippen LogP contribution is 2.20. The Morgan fingerprint density at radius 1 is 1.59 bits per heavy atom. The zero-order valence-corrected chi connectivity index (χ0v) is 10.0. The molecule has 7 heteroatoms. The monoisotopic (exact) mass is 255 g/mol. The van der Waals surface area contributed by atoms with Gasteiger partial charge in [-0.1, -0.05) is 0 Å². The summed E-state index contributed by atoms with van der Waals surface area (Å²) >= 11 is 0. The standard InChI is InChI=1S/C10H13N3O3S/c1-7(6-14)13-17(15,16)9-5-12-10-8(9)3-2-4-11-10/h2-5,7,13-14H,6H2,1H3,(H,11,12)/t7-/m0/s1. The fourth-order valence-corrected chi connectivity index (χ4v) is 2.92. The molecule has 0 bridgehead atoms. The van der Waals surface area contributed by atoms with Crippen LogP contribution in [0.5, 0.6) is 0 Å². The van der Waals surface area contributed by atoms with E-state index in [2.05, 4.69) is 14.7 Å². The molecule has 1 atom stereocenters. The van der Waals surface area contributed by atoms with Crippen LogP contribution in [-0.4, -0.2) is 36.1 Å². The van der Waals surface area contributed by atoms with Crippen molar-refractivity contribution in [2.45, 2.75) is 17.9 Å². The Kier molecular flexibility index (Phi) is 3.14. The van der Waals surface area contributed by atoms with Crippen molar-refractivity contribution in [3.63, 3.8) is 0 Å². The third-order valence-electron chi connectivity index (χ3n) is 2.33. The molecular weight excluding hydrogens is 242 g/mol. The van der Waals surface area contributed by atoms with Crippen LogP contribution in [0.4, 0.5) is 0 Å². The fourth-order valence-electron chi connectivity index (χ4n) is 1.52. The Morgan fingerprint density at radius 3 is 3.06 bits per heavy atom. The summed E-state index contributed by atoms with van der Waals surface area (Å²) in [5.41, 5.74) is 0.518. The molecule has 0 saturated carbocycles. The predicted octanol–water partition coefficient (Wildman–Crippen LogP) is 0.222. The lowest BCUT2D eigenvalue weighted by Crippen LogP contribution is -2.34. The number of aromatic nitrogens is 2. The van der Waals surface area contributed by atoms with Crippen molar-refractivity contribution in [1.29, 1.82) is 0 Å². The van der Waals surface area contributed by atoms with Crippen molar-refractivity contribution < 1.29 is 13.5 Å². The summed E-state index contributed by atoms with van der Waals surface area (Å²) in [4.78, 5) is 6.95. The average Bonchev–Trinajstić information content (AvgIpc) is 2.72. The van der Waals surface area contributed by atoms with Crippen LogP contribution in [-0.2, 0) is 10.0 Å². The molecule has 0 unspecified atom stereocenters. The van der Waals surface area contributed by atoms with Gasteiger partial charge in [0.15, 0.2) is 0 Å². The van der Waals surface area contributed by atoms with Gasteiger partial charge in [-0.2, -0.15) is 0 Å². The predicted molar refractivity (Wildman–Crippen MR) is 63.0 cm³/mol. The van der Waals surface area contributed by atoms with Crippen LogP contribution < -0.4 is 4.72 Å².